The first-order valence-electron chi connectivity index (χ1n) is 4.82. The minimum atomic E-state index is -0.667. The van der Waals surface area contributed by atoms with E-state index < -0.39 is 4.92 Å². The van der Waals surface area contributed by atoms with Crippen molar-refractivity contribution in [3.05, 3.63) is 40.3 Å². The van der Waals surface area contributed by atoms with Crippen LogP contribution in [0.2, 0.25) is 0 Å². The molecule has 0 fully saturated rings. The van der Waals surface area contributed by atoms with Crippen LogP contribution in [0.25, 0.3) is 0 Å². The number of hydrogen-bond donors (Lipinski definition) is 0. The standard InChI is InChI=1S/C10H7N5O3/c1-14-6-7(5-12-14)18-10-3-2-9(15(16)17)8(4-11)13-10/h2-3,5-6H,1H3. The summed E-state index contributed by atoms with van der Waals surface area (Å²) in [7, 11) is 1.72. The summed E-state index contributed by atoms with van der Waals surface area (Å²) in [6, 6.07) is 4.16. The van der Waals surface area contributed by atoms with Gasteiger partial charge in [0.15, 0.2) is 5.75 Å². The molecule has 8 nitrogen and oxygen atoms in total. The van der Waals surface area contributed by atoms with E-state index >= 15 is 0 Å². The summed E-state index contributed by atoms with van der Waals surface area (Å²) >= 11 is 0. The fourth-order valence-electron chi connectivity index (χ4n) is 1.29. The fourth-order valence-corrected chi connectivity index (χ4v) is 1.29. The van der Waals surface area contributed by atoms with E-state index in [-0.39, 0.29) is 17.3 Å². The number of ether oxygens (including phenoxy) is 1. The number of nitriles is 1. The van der Waals surface area contributed by atoms with Gasteiger partial charge in [-0.2, -0.15) is 15.3 Å². The predicted octanol–water partition coefficient (Wildman–Crippen LogP) is 1.39. The van der Waals surface area contributed by atoms with Gasteiger partial charge in [-0.3, -0.25) is 14.8 Å². The Morgan fingerprint density at radius 1 is 1.56 bits per heavy atom. The first-order chi connectivity index (χ1) is 8.60. The average molecular weight is 245 g/mol. The minimum absolute atomic E-state index is 0.102. The molecule has 0 saturated carbocycles. The van der Waals surface area contributed by atoms with Crippen LogP contribution in [0.3, 0.4) is 0 Å². The molecule has 0 amide bonds. The third kappa shape index (κ3) is 2.25. The van der Waals surface area contributed by atoms with Crippen LogP contribution in [0.4, 0.5) is 5.69 Å². The van der Waals surface area contributed by atoms with Gasteiger partial charge in [0.05, 0.1) is 17.3 Å². The molecule has 0 spiro atoms. The van der Waals surface area contributed by atoms with Crippen molar-refractivity contribution in [2.75, 3.05) is 0 Å². The van der Waals surface area contributed by atoms with Gasteiger partial charge in [-0.15, -0.1) is 0 Å². The lowest BCUT2D eigenvalue weighted by atomic mass is 10.3. The molecule has 0 saturated heterocycles. The first-order valence-corrected chi connectivity index (χ1v) is 4.82. The third-order valence-electron chi connectivity index (χ3n) is 2.05. The molecule has 0 radical (unpaired) electrons. The highest BCUT2D eigenvalue weighted by Crippen LogP contribution is 2.23. The van der Waals surface area contributed by atoms with Crippen molar-refractivity contribution < 1.29 is 9.66 Å². The molecular weight excluding hydrogens is 238 g/mol. The zero-order valence-electron chi connectivity index (χ0n) is 9.27. The molecule has 2 aromatic heterocycles. The van der Waals surface area contributed by atoms with E-state index in [0.717, 1.165) is 0 Å². The zero-order valence-corrected chi connectivity index (χ0v) is 9.27. The van der Waals surface area contributed by atoms with Crippen molar-refractivity contribution in [1.29, 1.82) is 5.26 Å². The fraction of sp³-hybridized carbons (Fsp3) is 0.100. The van der Waals surface area contributed by atoms with Crippen molar-refractivity contribution in [2.45, 2.75) is 0 Å². The molecule has 2 aromatic rings. The Labute approximate surface area is 101 Å². The lowest BCUT2D eigenvalue weighted by molar-refractivity contribution is -0.385. The Balaban J connectivity index is 2.31. The molecule has 0 aliphatic carbocycles. The van der Waals surface area contributed by atoms with E-state index in [2.05, 4.69) is 10.1 Å². The van der Waals surface area contributed by atoms with Gasteiger partial charge in [0, 0.05) is 19.2 Å². The Hall–Kier alpha value is -2.95. The van der Waals surface area contributed by atoms with Gasteiger partial charge in [0.2, 0.25) is 11.6 Å². The van der Waals surface area contributed by atoms with Crippen LogP contribution >= 0.6 is 0 Å². The molecule has 0 atom stereocenters. The summed E-state index contributed by atoms with van der Waals surface area (Å²) in [4.78, 5) is 13.7. The maximum Gasteiger partial charge on any atom is 0.305 e. The van der Waals surface area contributed by atoms with Crippen LogP contribution in [0.15, 0.2) is 24.5 Å². The van der Waals surface area contributed by atoms with E-state index in [1.807, 2.05) is 0 Å². The lowest BCUT2D eigenvalue weighted by Crippen LogP contribution is -1.96. The molecule has 2 heterocycles. The largest absolute Gasteiger partial charge is 0.436 e. The van der Waals surface area contributed by atoms with Gasteiger partial charge in [-0.05, 0) is 0 Å². The average Bonchev–Trinajstić information content (AvgIpc) is 2.74. The van der Waals surface area contributed by atoms with E-state index in [9.17, 15) is 10.1 Å². The summed E-state index contributed by atoms with van der Waals surface area (Å²) in [5.74, 6) is 0.535. The van der Waals surface area contributed by atoms with Crippen LogP contribution in [-0.4, -0.2) is 19.7 Å². The second kappa shape index (κ2) is 4.50. The van der Waals surface area contributed by atoms with Gasteiger partial charge in [0.25, 0.3) is 0 Å². The maximum absolute atomic E-state index is 10.6. The van der Waals surface area contributed by atoms with E-state index in [1.165, 1.54) is 23.0 Å². The van der Waals surface area contributed by atoms with E-state index in [0.29, 0.717) is 5.75 Å². The maximum atomic E-state index is 10.6. The number of aryl methyl sites for hydroxylation is 1. The molecule has 0 aliphatic rings. The van der Waals surface area contributed by atoms with Gasteiger partial charge in [-0.25, -0.2) is 0 Å². The number of pyridine rings is 1. The van der Waals surface area contributed by atoms with Crippen molar-refractivity contribution in [3.8, 4) is 17.7 Å². The Morgan fingerprint density at radius 2 is 2.33 bits per heavy atom. The Kier molecular flexibility index (Phi) is 2.89. The minimum Gasteiger partial charge on any atom is -0.436 e. The van der Waals surface area contributed by atoms with Crippen molar-refractivity contribution >= 4 is 5.69 Å². The Morgan fingerprint density at radius 3 is 2.89 bits per heavy atom. The second-order valence-corrected chi connectivity index (χ2v) is 3.34. The second-order valence-electron chi connectivity index (χ2n) is 3.34. The SMILES string of the molecule is Cn1cc(Oc2ccc([N+](=O)[O-])c(C#N)n2)cn1. The molecule has 18 heavy (non-hydrogen) atoms. The smallest absolute Gasteiger partial charge is 0.305 e. The number of nitro groups is 1. The van der Waals surface area contributed by atoms with Crippen molar-refractivity contribution in [1.82, 2.24) is 14.8 Å². The van der Waals surface area contributed by atoms with E-state index in [4.69, 9.17) is 10.00 Å². The van der Waals surface area contributed by atoms with Gasteiger partial charge >= 0.3 is 5.69 Å². The zero-order chi connectivity index (χ0) is 13.1. The monoisotopic (exact) mass is 245 g/mol. The van der Waals surface area contributed by atoms with E-state index in [1.54, 1.807) is 19.3 Å². The number of hydrogen-bond acceptors (Lipinski definition) is 6. The molecule has 0 bridgehead atoms. The molecule has 0 unspecified atom stereocenters. The molecule has 0 aromatic carbocycles. The van der Waals surface area contributed by atoms with Crippen molar-refractivity contribution in [2.24, 2.45) is 7.05 Å². The molecule has 90 valence electrons. The van der Waals surface area contributed by atoms with Crippen LogP contribution in [0, 0.1) is 21.4 Å². The molecule has 0 aliphatic heterocycles. The molecule has 0 N–H and O–H groups in total. The first kappa shape index (κ1) is 11.5. The predicted molar refractivity (Wildman–Crippen MR) is 58.9 cm³/mol. The van der Waals surface area contributed by atoms with Crippen LogP contribution in [-0.2, 0) is 7.05 Å². The molecule has 2 rings (SSSR count). The highest BCUT2D eigenvalue weighted by atomic mass is 16.6. The normalized spacial score (nSPS) is 9.78. The summed E-state index contributed by atoms with van der Waals surface area (Å²) in [6.45, 7) is 0. The van der Waals surface area contributed by atoms with Gasteiger partial charge in [-0.1, -0.05) is 0 Å². The highest BCUT2D eigenvalue weighted by Gasteiger charge is 2.16. The molecule has 8 heteroatoms. The summed E-state index contributed by atoms with van der Waals surface area (Å²) in [5, 5.41) is 23.3. The highest BCUT2D eigenvalue weighted by molar-refractivity contribution is 5.45. The van der Waals surface area contributed by atoms with Gasteiger partial charge < -0.3 is 4.74 Å². The van der Waals surface area contributed by atoms with Gasteiger partial charge in [0.1, 0.15) is 6.07 Å². The van der Waals surface area contributed by atoms with Crippen molar-refractivity contribution in [3.63, 3.8) is 0 Å². The van der Waals surface area contributed by atoms with Crippen LogP contribution < -0.4 is 4.74 Å². The summed E-state index contributed by atoms with van der Waals surface area (Å²) in [6.07, 6.45) is 3.07. The summed E-state index contributed by atoms with van der Waals surface area (Å²) < 4.78 is 6.84. The quantitative estimate of drug-likeness (QED) is 0.597. The molecular formula is C10H7N5O3. The summed E-state index contributed by atoms with van der Waals surface area (Å²) in [5.41, 5.74) is -0.641. The van der Waals surface area contributed by atoms with Crippen LogP contribution in [0.1, 0.15) is 5.69 Å². The number of rotatable bonds is 3. The van der Waals surface area contributed by atoms with Crippen LogP contribution in [0.5, 0.6) is 11.6 Å². The third-order valence-corrected chi connectivity index (χ3v) is 2.05. The topological polar surface area (TPSA) is 107 Å². The number of nitrogens with zero attached hydrogens (tertiary/aromatic N) is 5. The lowest BCUT2D eigenvalue weighted by Gasteiger charge is -2.01. The number of aromatic nitrogens is 3. The Bertz CT molecular complexity index is 643.